The van der Waals surface area contributed by atoms with Crippen LogP contribution in [0.2, 0.25) is 5.02 Å². The zero-order valence-corrected chi connectivity index (χ0v) is 15.3. The summed E-state index contributed by atoms with van der Waals surface area (Å²) in [4.78, 5) is 22.4. The van der Waals surface area contributed by atoms with E-state index in [0.717, 1.165) is 0 Å². The van der Waals surface area contributed by atoms with Crippen LogP contribution in [0.1, 0.15) is 10.4 Å². The molecule has 1 unspecified atom stereocenters. The van der Waals surface area contributed by atoms with Gasteiger partial charge in [0, 0.05) is 22.7 Å². The highest BCUT2D eigenvalue weighted by Crippen LogP contribution is 2.32. The summed E-state index contributed by atoms with van der Waals surface area (Å²) in [6, 6.07) is 11.3. The summed E-state index contributed by atoms with van der Waals surface area (Å²) in [5, 5.41) is 13.5. The van der Waals surface area contributed by atoms with Gasteiger partial charge in [-0.25, -0.2) is 0 Å². The molecule has 2 aromatic carbocycles. The highest BCUT2D eigenvalue weighted by molar-refractivity contribution is 6.68. The maximum Gasteiger partial charge on any atom is 0.269 e. The molecule has 1 amide bonds. The first kappa shape index (κ1) is 19.6. The number of alkyl halides is 3. The predicted octanol–water partition coefficient (Wildman–Crippen LogP) is 4.75. The average Bonchev–Trinajstić information content (AvgIpc) is 2.53. The Morgan fingerprint density at radius 3 is 2.32 bits per heavy atom. The van der Waals surface area contributed by atoms with Crippen LogP contribution in [0.15, 0.2) is 48.5 Å². The molecule has 10 heteroatoms. The summed E-state index contributed by atoms with van der Waals surface area (Å²) in [6.07, 6.45) is -1.34. The lowest BCUT2D eigenvalue weighted by molar-refractivity contribution is -0.384. The van der Waals surface area contributed by atoms with Crippen molar-refractivity contribution in [3.8, 4) is 5.75 Å². The van der Waals surface area contributed by atoms with E-state index in [0.29, 0.717) is 5.02 Å². The number of hydrogen-bond donors (Lipinski definition) is 1. The van der Waals surface area contributed by atoms with E-state index in [4.69, 9.17) is 51.1 Å². The van der Waals surface area contributed by atoms with Gasteiger partial charge >= 0.3 is 0 Å². The minimum atomic E-state index is -1.99. The third-order valence-corrected chi connectivity index (χ3v) is 3.78. The smallest absolute Gasteiger partial charge is 0.269 e. The Balaban J connectivity index is 2.16. The number of benzene rings is 2. The molecule has 0 spiro atoms. The molecule has 0 aromatic heterocycles. The number of halogens is 4. The van der Waals surface area contributed by atoms with Gasteiger partial charge in [0.05, 0.1) is 4.92 Å². The molecule has 0 saturated carbocycles. The number of non-ortho nitro benzene ring substituents is 1. The summed E-state index contributed by atoms with van der Waals surface area (Å²) >= 11 is 23.4. The number of rotatable bonds is 5. The standard InChI is InChI=1S/C15H10Cl4N2O4/c16-10-3-1-2-9(8-10)13(22)20-14(15(17,18)19)25-12-6-4-11(5-7-12)21(23)24/h1-8,14H,(H,20,22). The first-order valence-corrected chi connectivity index (χ1v) is 8.22. The number of nitrogens with zero attached hydrogens (tertiary/aromatic N) is 1. The van der Waals surface area contributed by atoms with E-state index in [2.05, 4.69) is 5.32 Å². The van der Waals surface area contributed by atoms with Crippen LogP contribution in [0, 0.1) is 10.1 Å². The van der Waals surface area contributed by atoms with Crippen molar-refractivity contribution in [2.75, 3.05) is 0 Å². The number of ether oxygens (including phenoxy) is 1. The fourth-order valence-electron chi connectivity index (χ4n) is 1.79. The van der Waals surface area contributed by atoms with Crippen molar-refractivity contribution in [1.82, 2.24) is 5.32 Å². The van der Waals surface area contributed by atoms with Crippen LogP contribution in [0.4, 0.5) is 5.69 Å². The lowest BCUT2D eigenvalue weighted by atomic mass is 10.2. The van der Waals surface area contributed by atoms with Gasteiger partial charge in [-0.1, -0.05) is 52.5 Å². The molecule has 6 nitrogen and oxygen atoms in total. The van der Waals surface area contributed by atoms with Crippen molar-refractivity contribution < 1.29 is 14.5 Å². The van der Waals surface area contributed by atoms with Gasteiger partial charge in [-0.2, -0.15) is 0 Å². The van der Waals surface area contributed by atoms with Crippen molar-refractivity contribution in [2.24, 2.45) is 0 Å². The minimum Gasteiger partial charge on any atom is -0.466 e. The topological polar surface area (TPSA) is 81.5 Å². The molecule has 0 saturated heterocycles. The maximum absolute atomic E-state index is 12.3. The first-order chi connectivity index (χ1) is 11.7. The fourth-order valence-corrected chi connectivity index (χ4v) is 2.28. The minimum absolute atomic E-state index is 0.124. The van der Waals surface area contributed by atoms with E-state index >= 15 is 0 Å². The Morgan fingerprint density at radius 2 is 1.80 bits per heavy atom. The van der Waals surface area contributed by atoms with Gasteiger partial charge < -0.3 is 10.1 Å². The normalized spacial score (nSPS) is 12.3. The SMILES string of the molecule is O=C(NC(Oc1ccc([N+](=O)[O-])cc1)C(Cl)(Cl)Cl)c1cccc(Cl)c1. The van der Waals surface area contributed by atoms with Crippen molar-refractivity contribution in [3.63, 3.8) is 0 Å². The van der Waals surface area contributed by atoms with Crippen molar-refractivity contribution in [1.29, 1.82) is 0 Å². The van der Waals surface area contributed by atoms with Crippen molar-refractivity contribution in [2.45, 2.75) is 10.0 Å². The van der Waals surface area contributed by atoms with Crippen molar-refractivity contribution >= 4 is 58.0 Å². The van der Waals surface area contributed by atoms with Gasteiger partial charge in [0.2, 0.25) is 10.0 Å². The number of amides is 1. The second-order valence-corrected chi connectivity index (χ2v) is 7.58. The maximum atomic E-state index is 12.3. The second kappa shape index (κ2) is 8.10. The third kappa shape index (κ3) is 5.64. The number of nitro benzene ring substituents is 1. The zero-order chi connectivity index (χ0) is 18.6. The largest absolute Gasteiger partial charge is 0.466 e. The summed E-state index contributed by atoms with van der Waals surface area (Å²) in [7, 11) is 0. The summed E-state index contributed by atoms with van der Waals surface area (Å²) in [6.45, 7) is 0. The molecular weight excluding hydrogens is 414 g/mol. The molecule has 2 rings (SSSR count). The molecule has 0 bridgehead atoms. The average molecular weight is 424 g/mol. The monoisotopic (exact) mass is 422 g/mol. The van der Waals surface area contributed by atoms with E-state index in [9.17, 15) is 14.9 Å². The molecule has 132 valence electrons. The molecule has 0 aliphatic heterocycles. The Hall–Kier alpha value is -1.73. The van der Waals surface area contributed by atoms with E-state index in [1.54, 1.807) is 12.1 Å². The quantitative estimate of drug-likeness (QED) is 0.325. The van der Waals surface area contributed by atoms with Crippen LogP contribution in [0.3, 0.4) is 0 Å². The molecule has 0 fully saturated rings. The Labute approximate surface area is 162 Å². The number of hydrogen-bond acceptors (Lipinski definition) is 4. The van der Waals surface area contributed by atoms with Gasteiger partial charge in [-0.15, -0.1) is 0 Å². The molecule has 1 N–H and O–H groups in total. The van der Waals surface area contributed by atoms with E-state index in [-0.39, 0.29) is 17.0 Å². The van der Waals surface area contributed by atoms with Crippen molar-refractivity contribution in [3.05, 3.63) is 69.2 Å². The number of nitro groups is 1. The second-order valence-electron chi connectivity index (χ2n) is 4.77. The van der Waals surface area contributed by atoms with Gasteiger partial charge in [0.1, 0.15) is 5.75 Å². The van der Waals surface area contributed by atoms with Gasteiger partial charge in [-0.05, 0) is 30.3 Å². The van der Waals surface area contributed by atoms with Crippen LogP contribution in [0.25, 0.3) is 0 Å². The van der Waals surface area contributed by atoms with Crippen LogP contribution in [0.5, 0.6) is 5.75 Å². The van der Waals surface area contributed by atoms with Gasteiger partial charge in [-0.3, -0.25) is 14.9 Å². The van der Waals surface area contributed by atoms with Crippen LogP contribution in [-0.4, -0.2) is 20.9 Å². The Morgan fingerprint density at radius 1 is 1.16 bits per heavy atom. The molecule has 0 aliphatic carbocycles. The molecule has 2 aromatic rings. The van der Waals surface area contributed by atoms with Crippen LogP contribution >= 0.6 is 46.4 Å². The molecule has 0 aliphatic rings. The first-order valence-electron chi connectivity index (χ1n) is 6.71. The lowest BCUT2D eigenvalue weighted by Crippen LogP contribution is -2.47. The highest BCUT2D eigenvalue weighted by atomic mass is 35.6. The predicted molar refractivity (Wildman–Crippen MR) is 96.7 cm³/mol. The fraction of sp³-hybridized carbons (Fsp3) is 0.133. The van der Waals surface area contributed by atoms with Crippen LogP contribution in [-0.2, 0) is 0 Å². The molecule has 1 atom stereocenters. The lowest BCUT2D eigenvalue weighted by Gasteiger charge is -2.26. The number of carbonyl (C=O) groups excluding carboxylic acids is 1. The molecule has 25 heavy (non-hydrogen) atoms. The molecule has 0 radical (unpaired) electrons. The van der Waals surface area contributed by atoms with Crippen LogP contribution < -0.4 is 10.1 Å². The number of carbonyl (C=O) groups is 1. The molecular formula is C15H10Cl4N2O4. The Bertz CT molecular complexity index is 778. The summed E-state index contributed by atoms with van der Waals surface area (Å²) < 4.78 is 3.46. The van der Waals surface area contributed by atoms with E-state index in [1.807, 2.05) is 0 Å². The zero-order valence-electron chi connectivity index (χ0n) is 12.3. The summed E-state index contributed by atoms with van der Waals surface area (Å²) in [5.41, 5.74) is 0.125. The van der Waals surface area contributed by atoms with Gasteiger partial charge in [0.15, 0.2) is 0 Å². The third-order valence-electron chi connectivity index (χ3n) is 2.95. The Kier molecular flexibility index (Phi) is 6.35. The number of nitrogens with one attached hydrogen (secondary N) is 1. The highest BCUT2D eigenvalue weighted by Gasteiger charge is 2.36. The summed E-state index contributed by atoms with van der Waals surface area (Å²) in [5.74, 6) is -0.394. The van der Waals surface area contributed by atoms with E-state index in [1.165, 1.54) is 36.4 Å². The van der Waals surface area contributed by atoms with E-state index < -0.39 is 20.9 Å². The molecule has 0 heterocycles. The van der Waals surface area contributed by atoms with Gasteiger partial charge in [0.25, 0.3) is 11.6 Å².